The highest BCUT2D eigenvalue weighted by molar-refractivity contribution is 8.00. The third kappa shape index (κ3) is 5.76. The molecule has 1 atom stereocenters. The number of carbonyl (C=O) groups excluding carboxylic acids is 1. The predicted molar refractivity (Wildman–Crippen MR) is 122 cm³/mol. The molecule has 1 heterocycles. The molecule has 3 rings (SSSR count). The Balaban J connectivity index is 1.80. The van der Waals surface area contributed by atoms with Crippen LogP contribution in [0.2, 0.25) is 10.0 Å². The summed E-state index contributed by atoms with van der Waals surface area (Å²) in [4.78, 5) is 12.7. The van der Waals surface area contributed by atoms with Gasteiger partial charge >= 0.3 is 0 Å². The van der Waals surface area contributed by atoms with Gasteiger partial charge in [0.1, 0.15) is 0 Å². The number of amides is 1. The number of thioether (sulfide) groups is 1. The van der Waals surface area contributed by atoms with E-state index in [2.05, 4.69) is 15.5 Å². The number of halogens is 2. The molecule has 0 bridgehead atoms. The van der Waals surface area contributed by atoms with Crippen molar-refractivity contribution in [1.82, 2.24) is 14.8 Å². The van der Waals surface area contributed by atoms with Gasteiger partial charge in [0.05, 0.1) is 10.3 Å². The van der Waals surface area contributed by atoms with Gasteiger partial charge in [0.2, 0.25) is 5.91 Å². The van der Waals surface area contributed by atoms with Crippen molar-refractivity contribution in [2.45, 2.75) is 30.3 Å². The van der Waals surface area contributed by atoms with Gasteiger partial charge in [0, 0.05) is 36.5 Å². The lowest BCUT2D eigenvalue weighted by atomic mass is 10.2. The molecule has 1 N–H and O–H groups in total. The smallest absolute Gasteiger partial charge is 0.237 e. The number of carbonyl (C=O) groups is 1. The number of rotatable bonds is 9. The Morgan fingerprint density at radius 1 is 1.20 bits per heavy atom. The van der Waals surface area contributed by atoms with Gasteiger partial charge in [-0.1, -0.05) is 53.2 Å². The molecule has 1 amide bonds. The monoisotopic (exact) mass is 464 g/mol. The van der Waals surface area contributed by atoms with Gasteiger partial charge in [0.25, 0.3) is 0 Å². The Hall–Kier alpha value is -2.06. The average Bonchev–Trinajstić information content (AvgIpc) is 3.10. The Morgan fingerprint density at radius 2 is 2.00 bits per heavy atom. The van der Waals surface area contributed by atoms with Crippen LogP contribution in [0.4, 0.5) is 5.69 Å². The molecular weight excluding hydrogens is 443 g/mol. The van der Waals surface area contributed by atoms with Crippen LogP contribution < -0.4 is 5.32 Å². The van der Waals surface area contributed by atoms with Gasteiger partial charge in [-0.05, 0) is 43.7 Å². The molecule has 0 spiro atoms. The molecule has 0 fully saturated rings. The molecule has 2 aromatic carbocycles. The van der Waals surface area contributed by atoms with E-state index in [-0.39, 0.29) is 5.91 Å². The summed E-state index contributed by atoms with van der Waals surface area (Å²) in [5.74, 6) is 0.523. The maximum Gasteiger partial charge on any atom is 0.237 e. The van der Waals surface area contributed by atoms with Crippen LogP contribution in [0.3, 0.4) is 0 Å². The quantitative estimate of drug-likeness (QED) is 0.338. The first-order valence-electron chi connectivity index (χ1n) is 9.39. The Bertz CT molecular complexity index is 1010. The molecule has 0 aliphatic carbocycles. The topological polar surface area (TPSA) is 69.0 Å². The van der Waals surface area contributed by atoms with Crippen molar-refractivity contribution in [2.75, 3.05) is 19.0 Å². The number of hydrogen-bond donors (Lipinski definition) is 1. The van der Waals surface area contributed by atoms with Gasteiger partial charge in [-0.3, -0.25) is 4.79 Å². The summed E-state index contributed by atoms with van der Waals surface area (Å²) in [6, 6.07) is 14.6. The summed E-state index contributed by atoms with van der Waals surface area (Å²) < 4.78 is 7.16. The Kier molecular flexibility index (Phi) is 8.16. The van der Waals surface area contributed by atoms with E-state index in [0.717, 1.165) is 12.0 Å². The van der Waals surface area contributed by atoms with Gasteiger partial charge < -0.3 is 14.6 Å². The zero-order chi connectivity index (χ0) is 21.5. The number of anilines is 1. The molecule has 0 aliphatic rings. The molecule has 158 valence electrons. The molecule has 3 aromatic rings. The highest BCUT2D eigenvalue weighted by Crippen LogP contribution is 2.31. The maximum atomic E-state index is 12.7. The minimum atomic E-state index is -0.395. The van der Waals surface area contributed by atoms with Crippen LogP contribution in [0.5, 0.6) is 0 Å². The standard InChI is InChI=1S/C21H22Cl2N4O2S/c1-14(20(28)24-16-8-5-7-15(22)13-16)30-21-26-25-19(27(21)11-6-12-29-2)17-9-3-4-10-18(17)23/h3-5,7-10,13-14H,6,11-12H2,1-2H3,(H,24,28). The summed E-state index contributed by atoms with van der Waals surface area (Å²) in [6.45, 7) is 3.08. The van der Waals surface area contributed by atoms with Crippen molar-refractivity contribution in [3.63, 3.8) is 0 Å². The van der Waals surface area contributed by atoms with Crippen molar-refractivity contribution < 1.29 is 9.53 Å². The zero-order valence-corrected chi connectivity index (χ0v) is 19.0. The first-order chi connectivity index (χ1) is 14.5. The number of nitrogens with one attached hydrogen (secondary N) is 1. The first kappa shape index (κ1) is 22.6. The second-order valence-corrected chi connectivity index (χ2v) is 8.70. The van der Waals surface area contributed by atoms with E-state index in [1.165, 1.54) is 11.8 Å². The number of benzene rings is 2. The lowest BCUT2D eigenvalue weighted by Crippen LogP contribution is -2.23. The molecule has 0 aliphatic heterocycles. The van der Waals surface area contributed by atoms with Gasteiger partial charge in [-0.15, -0.1) is 10.2 Å². The number of ether oxygens (including phenoxy) is 1. The van der Waals surface area contributed by atoms with E-state index in [9.17, 15) is 4.79 Å². The summed E-state index contributed by atoms with van der Waals surface area (Å²) in [7, 11) is 1.67. The fraction of sp³-hybridized carbons (Fsp3) is 0.286. The van der Waals surface area contributed by atoms with E-state index < -0.39 is 5.25 Å². The fourth-order valence-corrected chi connectivity index (χ4v) is 4.09. The Morgan fingerprint density at radius 3 is 2.73 bits per heavy atom. The third-order valence-corrected chi connectivity index (χ3v) is 5.95. The van der Waals surface area contributed by atoms with Gasteiger partial charge in [-0.25, -0.2) is 0 Å². The summed E-state index contributed by atoms with van der Waals surface area (Å²) >= 11 is 13.7. The summed E-state index contributed by atoms with van der Waals surface area (Å²) in [5.41, 5.74) is 1.45. The van der Waals surface area contributed by atoms with Crippen molar-refractivity contribution in [1.29, 1.82) is 0 Å². The van der Waals surface area contributed by atoms with Crippen LogP contribution in [0.15, 0.2) is 53.7 Å². The molecule has 0 saturated carbocycles. The van der Waals surface area contributed by atoms with Crippen molar-refractivity contribution in [2.24, 2.45) is 0 Å². The van der Waals surface area contributed by atoms with Crippen LogP contribution in [0.1, 0.15) is 13.3 Å². The number of nitrogens with zero attached hydrogens (tertiary/aromatic N) is 3. The molecule has 0 saturated heterocycles. The zero-order valence-electron chi connectivity index (χ0n) is 16.6. The Labute approximate surface area is 189 Å². The van der Waals surface area contributed by atoms with Crippen molar-refractivity contribution in [3.05, 3.63) is 58.6 Å². The van der Waals surface area contributed by atoms with Gasteiger partial charge in [0.15, 0.2) is 11.0 Å². The molecule has 1 unspecified atom stereocenters. The second-order valence-electron chi connectivity index (χ2n) is 6.54. The lowest BCUT2D eigenvalue weighted by Gasteiger charge is -2.14. The molecule has 9 heteroatoms. The average molecular weight is 465 g/mol. The van der Waals surface area contributed by atoms with Crippen molar-refractivity contribution in [3.8, 4) is 11.4 Å². The van der Waals surface area contributed by atoms with E-state index in [4.69, 9.17) is 27.9 Å². The fourth-order valence-electron chi connectivity index (χ4n) is 2.81. The number of aromatic nitrogens is 3. The molecule has 1 aromatic heterocycles. The first-order valence-corrected chi connectivity index (χ1v) is 11.0. The predicted octanol–water partition coefficient (Wildman–Crippen LogP) is 5.41. The molecule has 30 heavy (non-hydrogen) atoms. The minimum Gasteiger partial charge on any atom is -0.385 e. The van der Waals surface area contributed by atoms with E-state index in [0.29, 0.717) is 39.9 Å². The van der Waals surface area contributed by atoms with Crippen molar-refractivity contribution >= 4 is 46.6 Å². The van der Waals surface area contributed by atoms with Crippen LogP contribution in [-0.2, 0) is 16.1 Å². The minimum absolute atomic E-state index is 0.145. The summed E-state index contributed by atoms with van der Waals surface area (Å²) in [6.07, 6.45) is 0.780. The largest absolute Gasteiger partial charge is 0.385 e. The molecule has 0 radical (unpaired) electrons. The van der Waals surface area contributed by atoms with Crippen LogP contribution >= 0.6 is 35.0 Å². The van der Waals surface area contributed by atoms with Crippen LogP contribution in [0.25, 0.3) is 11.4 Å². The number of hydrogen-bond acceptors (Lipinski definition) is 5. The van der Waals surface area contributed by atoms with Gasteiger partial charge in [-0.2, -0.15) is 0 Å². The highest BCUT2D eigenvalue weighted by atomic mass is 35.5. The highest BCUT2D eigenvalue weighted by Gasteiger charge is 2.22. The van der Waals surface area contributed by atoms with Crippen LogP contribution in [-0.4, -0.2) is 39.6 Å². The van der Waals surface area contributed by atoms with Crippen LogP contribution in [0, 0.1) is 0 Å². The normalized spacial score (nSPS) is 12.0. The SMILES string of the molecule is COCCCn1c(SC(C)C(=O)Nc2cccc(Cl)c2)nnc1-c1ccccc1Cl. The second kappa shape index (κ2) is 10.8. The molecule has 6 nitrogen and oxygen atoms in total. The van der Waals surface area contributed by atoms with E-state index in [1.807, 2.05) is 35.8 Å². The third-order valence-electron chi connectivity index (χ3n) is 4.31. The van der Waals surface area contributed by atoms with E-state index >= 15 is 0 Å². The maximum absolute atomic E-state index is 12.7. The lowest BCUT2D eigenvalue weighted by molar-refractivity contribution is -0.115. The molecular formula is C21H22Cl2N4O2S. The summed E-state index contributed by atoms with van der Waals surface area (Å²) in [5, 5.41) is 13.0. The number of methoxy groups -OCH3 is 1. The van der Waals surface area contributed by atoms with E-state index in [1.54, 1.807) is 31.4 Å².